The Labute approximate surface area is 118 Å². The minimum Gasteiger partial charge on any atom is -0.317 e. The first-order valence-corrected chi connectivity index (χ1v) is 8.09. The van der Waals surface area contributed by atoms with Crippen LogP contribution < -0.4 is 5.32 Å². The van der Waals surface area contributed by atoms with Gasteiger partial charge in [-0.1, -0.05) is 44.0 Å². The van der Waals surface area contributed by atoms with Gasteiger partial charge < -0.3 is 5.32 Å². The fourth-order valence-corrected chi connectivity index (χ4v) is 3.25. The number of aryl methyl sites for hydroxylation is 1. The van der Waals surface area contributed by atoms with Crippen LogP contribution in [-0.2, 0) is 6.42 Å². The molecule has 1 nitrogen and oxygen atoms in total. The molecular formula is C18H29N. The Hall–Kier alpha value is -0.820. The molecule has 1 aliphatic rings. The van der Waals surface area contributed by atoms with Gasteiger partial charge >= 0.3 is 0 Å². The van der Waals surface area contributed by atoms with E-state index in [1.54, 1.807) is 5.56 Å². The van der Waals surface area contributed by atoms with Gasteiger partial charge in [-0.3, -0.25) is 0 Å². The molecule has 1 aromatic carbocycles. The molecule has 0 radical (unpaired) electrons. The second-order valence-electron chi connectivity index (χ2n) is 6.04. The minimum atomic E-state index is 0.754. The molecule has 1 N–H and O–H groups in total. The van der Waals surface area contributed by atoms with E-state index in [1.807, 2.05) is 0 Å². The molecule has 0 spiro atoms. The fourth-order valence-electron chi connectivity index (χ4n) is 3.25. The summed E-state index contributed by atoms with van der Waals surface area (Å²) < 4.78 is 0. The SMILES string of the molecule is CCCCCc1ccc(C2CCC(NC)CC2)cc1. The summed E-state index contributed by atoms with van der Waals surface area (Å²) in [6, 6.07) is 10.2. The zero-order valence-electron chi connectivity index (χ0n) is 12.6. The van der Waals surface area contributed by atoms with Crippen LogP contribution in [-0.4, -0.2) is 13.1 Å². The zero-order chi connectivity index (χ0) is 13.5. The maximum atomic E-state index is 3.41. The van der Waals surface area contributed by atoms with Gasteiger partial charge in [-0.2, -0.15) is 0 Å². The van der Waals surface area contributed by atoms with Gasteiger partial charge in [0.15, 0.2) is 0 Å². The van der Waals surface area contributed by atoms with E-state index < -0.39 is 0 Å². The van der Waals surface area contributed by atoms with Crippen LogP contribution in [0.3, 0.4) is 0 Å². The molecule has 0 aliphatic heterocycles. The number of unbranched alkanes of at least 4 members (excludes halogenated alkanes) is 2. The number of hydrogen-bond acceptors (Lipinski definition) is 1. The Morgan fingerprint density at radius 1 is 1.00 bits per heavy atom. The van der Waals surface area contributed by atoms with Crippen LogP contribution in [0.4, 0.5) is 0 Å². The van der Waals surface area contributed by atoms with Crippen molar-refractivity contribution in [3.63, 3.8) is 0 Å². The van der Waals surface area contributed by atoms with Crippen LogP contribution in [0.2, 0.25) is 0 Å². The third kappa shape index (κ3) is 4.35. The maximum Gasteiger partial charge on any atom is 0.00644 e. The first-order valence-electron chi connectivity index (χ1n) is 8.09. The summed E-state index contributed by atoms with van der Waals surface area (Å²) >= 11 is 0. The van der Waals surface area contributed by atoms with Crippen molar-refractivity contribution < 1.29 is 0 Å². The lowest BCUT2D eigenvalue weighted by atomic mass is 9.81. The van der Waals surface area contributed by atoms with Crippen molar-refractivity contribution in [2.45, 2.75) is 70.3 Å². The molecule has 1 fully saturated rings. The van der Waals surface area contributed by atoms with E-state index >= 15 is 0 Å². The van der Waals surface area contributed by atoms with Crippen LogP contribution in [0, 0.1) is 0 Å². The first-order chi connectivity index (χ1) is 9.33. The molecular weight excluding hydrogens is 230 g/mol. The first kappa shape index (κ1) is 14.6. The summed E-state index contributed by atoms with van der Waals surface area (Å²) in [5.41, 5.74) is 3.08. The van der Waals surface area contributed by atoms with E-state index in [0.717, 1.165) is 12.0 Å². The molecule has 19 heavy (non-hydrogen) atoms. The van der Waals surface area contributed by atoms with E-state index in [2.05, 4.69) is 43.6 Å². The van der Waals surface area contributed by atoms with E-state index in [9.17, 15) is 0 Å². The van der Waals surface area contributed by atoms with Crippen LogP contribution in [0.5, 0.6) is 0 Å². The van der Waals surface area contributed by atoms with E-state index in [-0.39, 0.29) is 0 Å². The molecule has 0 bridgehead atoms. The average Bonchev–Trinajstić information content (AvgIpc) is 2.48. The summed E-state index contributed by atoms with van der Waals surface area (Å²) in [6.07, 6.45) is 10.6. The molecule has 1 aliphatic carbocycles. The second kappa shape index (κ2) is 7.69. The lowest BCUT2D eigenvalue weighted by Gasteiger charge is -2.28. The van der Waals surface area contributed by atoms with Gasteiger partial charge in [-0.05, 0) is 62.6 Å². The van der Waals surface area contributed by atoms with Gasteiger partial charge in [0.1, 0.15) is 0 Å². The lowest BCUT2D eigenvalue weighted by Crippen LogP contribution is -2.29. The van der Waals surface area contributed by atoms with E-state index in [0.29, 0.717) is 0 Å². The van der Waals surface area contributed by atoms with Gasteiger partial charge in [-0.25, -0.2) is 0 Å². The Bertz CT molecular complexity index is 346. The largest absolute Gasteiger partial charge is 0.317 e. The summed E-state index contributed by atoms with van der Waals surface area (Å²) in [5, 5.41) is 3.41. The number of nitrogens with one attached hydrogen (secondary N) is 1. The summed E-state index contributed by atoms with van der Waals surface area (Å²) in [7, 11) is 2.09. The second-order valence-corrected chi connectivity index (χ2v) is 6.04. The highest BCUT2D eigenvalue weighted by molar-refractivity contribution is 5.26. The van der Waals surface area contributed by atoms with E-state index in [4.69, 9.17) is 0 Å². The normalized spacial score (nSPS) is 23.5. The third-order valence-electron chi connectivity index (χ3n) is 4.66. The smallest absolute Gasteiger partial charge is 0.00644 e. The highest BCUT2D eigenvalue weighted by Crippen LogP contribution is 2.32. The monoisotopic (exact) mass is 259 g/mol. The molecule has 1 saturated carbocycles. The fraction of sp³-hybridized carbons (Fsp3) is 0.667. The molecule has 0 heterocycles. The lowest BCUT2D eigenvalue weighted by molar-refractivity contribution is 0.359. The van der Waals surface area contributed by atoms with Crippen molar-refractivity contribution in [2.75, 3.05) is 7.05 Å². The quantitative estimate of drug-likeness (QED) is 0.732. The topological polar surface area (TPSA) is 12.0 Å². The Morgan fingerprint density at radius 3 is 2.26 bits per heavy atom. The van der Waals surface area contributed by atoms with Crippen LogP contribution in [0.1, 0.15) is 68.9 Å². The number of benzene rings is 1. The molecule has 2 rings (SSSR count). The average molecular weight is 259 g/mol. The van der Waals surface area contributed by atoms with Gasteiger partial charge in [0.2, 0.25) is 0 Å². The van der Waals surface area contributed by atoms with Crippen LogP contribution >= 0.6 is 0 Å². The standard InChI is InChI=1S/C18H29N/c1-3-4-5-6-15-7-9-16(10-8-15)17-11-13-18(19-2)14-12-17/h7-10,17-19H,3-6,11-14H2,1-2H3. The van der Waals surface area contributed by atoms with Crippen molar-refractivity contribution in [3.05, 3.63) is 35.4 Å². The van der Waals surface area contributed by atoms with Crippen molar-refractivity contribution >= 4 is 0 Å². The molecule has 0 aromatic heterocycles. The molecule has 0 saturated heterocycles. The van der Waals surface area contributed by atoms with Crippen LogP contribution in [0.15, 0.2) is 24.3 Å². The van der Waals surface area contributed by atoms with Crippen molar-refractivity contribution in [1.29, 1.82) is 0 Å². The van der Waals surface area contributed by atoms with Gasteiger partial charge in [0.25, 0.3) is 0 Å². The number of rotatable bonds is 6. The van der Waals surface area contributed by atoms with E-state index in [1.165, 1.54) is 56.9 Å². The molecule has 1 heteroatoms. The Kier molecular flexibility index (Phi) is 5.91. The molecule has 0 amide bonds. The van der Waals surface area contributed by atoms with Crippen molar-refractivity contribution in [2.24, 2.45) is 0 Å². The summed E-state index contributed by atoms with van der Waals surface area (Å²) in [5.74, 6) is 0.800. The van der Waals surface area contributed by atoms with Gasteiger partial charge in [0, 0.05) is 6.04 Å². The number of hydrogen-bond donors (Lipinski definition) is 1. The summed E-state index contributed by atoms with van der Waals surface area (Å²) in [4.78, 5) is 0. The van der Waals surface area contributed by atoms with Crippen LogP contribution in [0.25, 0.3) is 0 Å². The van der Waals surface area contributed by atoms with Crippen molar-refractivity contribution in [3.8, 4) is 0 Å². The van der Waals surface area contributed by atoms with Crippen molar-refractivity contribution in [1.82, 2.24) is 5.32 Å². The summed E-state index contributed by atoms with van der Waals surface area (Å²) in [6.45, 7) is 2.27. The molecule has 1 aromatic rings. The zero-order valence-corrected chi connectivity index (χ0v) is 12.6. The molecule has 0 atom stereocenters. The minimum absolute atomic E-state index is 0.754. The predicted molar refractivity (Wildman–Crippen MR) is 83.7 cm³/mol. The Morgan fingerprint density at radius 2 is 1.68 bits per heavy atom. The highest BCUT2D eigenvalue weighted by Gasteiger charge is 2.20. The highest BCUT2D eigenvalue weighted by atomic mass is 14.9. The van der Waals surface area contributed by atoms with Gasteiger partial charge in [0.05, 0.1) is 0 Å². The third-order valence-corrected chi connectivity index (χ3v) is 4.66. The predicted octanol–water partition coefficient (Wildman–Crippen LogP) is 4.66. The Balaban J connectivity index is 1.84. The maximum absolute atomic E-state index is 3.41. The molecule has 0 unspecified atom stereocenters. The molecule has 106 valence electrons. The van der Waals surface area contributed by atoms with Gasteiger partial charge in [-0.15, -0.1) is 0 Å².